The number of nitrogens with one attached hydrogen (secondary N) is 1. The van der Waals surface area contributed by atoms with Crippen LogP contribution >= 0.6 is 23.2 Å². The molecule has 1 unspecified atom stereocenters. The fourth-order valence-electron chi connectivity index (χ4n) is 3.09. The van der Waals surface area contributed by atoms with Crippen molar-refractivity contribution in [3.05, 3.63) is 45.1 Å². The summed E-state index contributed by atoms with van der Waals surface area (Å²) >= 11 is 12.3. The van der Waals surface area contributed by atoms with E-state index in [0.717, 1.165) is 12.2 Å². The van der Waals surface area contributed by atoms with Crippen molar-refractivity contribution in [1.29, 1.82) is 0 Å². The van der Waals surface area contributed by atoms with E-state index in [-0.39, 0.29) is 11.9 Å². The van der Waals surface area contributed by atoms with Gasteiger partial charge in [0.1, 0.15) is 0 Å². The summed E-state index contributed by atoms with van der Waals surface area (Å²) in [6, 6.07) is 4.25. The van der Waals surface area contributed by atoms with E-state index in [0.29, 0.717) is 34.3 Å². The van der Waals surface area contributed by atoms with Crippen LogP contribution in [0.25, 0.3) is 0 Å². The third kappa shape index (κ3) is 3.34. The Morgan fingerprint density at radius 1 is 1.28 bits per heavy atom. The number of urea groups is 1. The van der Waals surface area contributed by atoms with Gasteiger partial charge in [-0.05, 0) is 31.8 Å². The molecule has 2 heterocycles. The van der Waals surface area contributed by atoms with Crippen LogP contribution in [0.4, 0.5) is 4.79 Å². The summed E-state index contributed by atoms with van der Waals surface area (Å²) in [6.07, 6.45) is 0. The maximum atomic E-state index is 13.0. The lowest BCUT2D eigenvalue weighted by molar-refractivity contribution is -0.125. The van der Waals surface area contributed by atoms with Crippen LogP contribution in [0.5, 0.6) is 0 Å². The van der Waals surface area contributed by atoms with Gasteiger partial charge >= 0.3 is 6.03 Å². The summed E-state index contributed by atoms with van der Waals surface area (Å²) in [7, 11) is 5.59. The monoisotopic (exact) mass is 382 g/mol. The van der Waals surface area contributed by atoms with Gasteiger partial charge in [-0.2, -0.15) is 0 Å². The first-order valence-electron chi connectivity index (χ1n) is 7.95. The lowest BCUT2D eigenvalue weighted by atomic mass is 9.95. The maximum absolute atomic E-state index is 13.0. The molecule has 1 aromatic carbocycles. The zero-order valence-electron chi connectivity index (χ0n) is 14.3. The number of rotatable bonds is 4. The van der Waals surface area contributed by atoms with Crippen molar-refractivity contribution in [2.45, 2.75) is 6.04 Å². The summed E-state index contributed by atoms with van der Waals surface area (Å²) < 4.78 is 0. The van der Waals surface area contributed by atoms with Gasteiger partial charge < -0.3 is 15.1 Å². The molecule has 8 heteroatoms. The minimum Gasteiger partial charge on any atom is -0.332 e. The van der Waals surface area contributed by atoms with Crippen LogP contribution in [-0.2, 0) is 4.79 Å². The van der Waals surface area contributed by atoms with Gasteiger partial charge in [-0.25, -0.2) is 4.79 Å². The third-order valence-electron chi connectivity index (χ3n) is 4.53. The van der Waals surface area contributed by atoms with E-state index in [4.69, 9.17) is 23.2 Å². The molecule has 0 bridgehead atoms. The van der Waals surface area contributed by atoms with Gasteiger partial charge in [0.15, 0.2) is 0 Å². The highest BCUT2D eigenvalue weighted by molar-refractivity contribution is 6.35. The molecule has 3 amide bonds. The number of halogens is 2. The number of amides is 3. The van der Waals surface area contributed by atoms with Crippen molar-refractivity contribution in [2.24, 2.45) is 0 Å². The number of nitrogens with zero attached hydrogens (tertiary/aromatic N) is 3. The second-order valence-corrected chi connectivity index (χ2v) is 7.34. The molecule has 6 nitrogen and oxygen atoms in total. The molecule has 0 spiro atoms. The number of likely N-dealkylation sites (N-methyl/N-ethyl adjacent to an activating group) is 2. The zero-order chi connectivity index (χ0) is 18.3. The fraction of sp³-hybridized carbons (Fsp3) is 0.412. The van der Waals surface area contributed by atoms with E-state index in [1.54, 1.807) is 30.1 Å². The normalized spacial score (nSPS) is 20.5. The molecule has 134 valence electrons. The molecule has 0 radical (unpaired) electrons. The molecule has 1 aromatic rings. The van der Waals surface area contributed by atoms with E-state index in [9.17, 15) is 9.59 Å². The number of hydrogen-bond acceptors (Lipinski definition) is 3. The first-order chi connectivity index (χ1) is 11.8. The van der Waals surface area contributed by atoms with E-state index in [1.807, 2.05) is 19.0 Å². The summed E-state index contributed by atoms with van der Waals surface area (Å²) in [6.45, 7) is 1.78. The third-order valence-corrected chi connectivity index (χ3v) is 5.09. The SMILES string of the molecule is CN(C)CCN1CC2=C(C1=O)C(c1ccc(Cl)cc1Cl)NC(=O)N2C. The van der Waals surface area contributed by atoms with Crippen LogP contribution in [0, 0.1) is 0 Å². The summed E-state index contributed by atoms with van der Waals surface area (Å²) in [5.41, 5.74) is 1.97. The summed E-state index contributed by atoms with van der Waals surface area (Å²) in [5, 5.41) is 3.81. The molecule has 2 aliphatic heterocycles. The Hall–Kier alpha value is -1.76. The molecule has 3 rings (SSSR count). The Labute approximate surface area is 157 Å². The molecular weight excluding hydrogens is 363 g/mol. The van der Waals surface area contributed by atoms with Crippen molar-refractivity contribution in [3.8, 4) is 0 Å². The molecule has 0 aliphatic carbocycles. The minimum absolute atomic E-state index is 0.0697. The van der Waals surface area contributed by atoms with Gasteiger partial charge in [0, 0.05) is 30.2 Å². The molecular formula is C17H20Cl2N4O2. The maximum Gasteiger partial charge on any atom is 0.322 e. The van der Waals surface area contributed by atoms with E-state index < -0.39 is 6.04 Å². The Bertz CT molecular complexity index is 763. The van der Waals surface area contributed by atoms with Crippen LogP contribution in [0.3, 0.4) is 0 Å². The van der Waals surface area contributed by atoms with Gasteiger partial charge in [-0.15, -0.1) is 0 Å². The molecule has 2 aliphatic rings. The van der Waals surface area contributed by atoms with Crippen LogP contribution in [0.1, 0.15) is 11.6 Å². The van der Waals surface area contributed by atoms with Crippen molar-refractivity contribution >= 4 is 35.1 Å². The van der Waals surface area contributed by atoms with Crippen LogP contribution in [-0.4, -0.2) is 67.4 Å². The molecule has 0 saturated carbocycles. The average molecular weight is 383 g/mol. The smallest absolute Gasteiger partial charge is 0.322 e. The first-order valence-corrected chi connectivity index (χ1v) is 8.71. The van der Waals surface area contributed by atoms with E-state index in [2.05, 4.69) is 5.32 Å². The van der Waals surface area contributed by atoms with Gasteiger partial charge in [-0.1, -0.05) is 29.3 Å². The lowest BCUT2D eigenvalue weighted by Gasteiger charge is -2.31. The molecule has 0 aromatic heterocycles. The topological polar surface area (TPSA) is 55.9 Å². The standard InChI is InChI=1S/C17H20Cl2N4O2/c1-21(2)6-7-23-9-13-14(16(23)24)15(20-17(25)22(13)3)11-5-4-10(18)8-12(11)19/h4-5,8,15H,6-7,9H2,1-3H3,(H,20,25). The van der Waals surface area contributed by atoms with Crippen molar-refractivity contribution in [2.75, 3.05) is 40.8 Å². The lowest BCUT2D eigenvalue weighted by Crippen LogP contribution is -2.45. The van der Waals surface area contributed by atoms with Crippen LogP contribution in [0.15, 0.2) is 29.5 Å². The molecule has 1 atom stereocenters. The molecule has 1 N–H and O–H groups in total. The summed E-state index contributed by atoms with van der Waals surface area (Å²) in [5.74, 6) is -0.0697. The van der Waals surface area contributed by atoms with Crippen molar-refractivity contribution in [1.82, 2.24) is 20.0 Å². The number of hydrogen-bond donors (Lipinski definition) is 1. The average Bonchev–Trinajstić information content (AvgIpc) is 2.87. The Kier molecular flexibility index (Phi) is 4.95. The second-order valence-electron chi connectivity index (χ2n) is 6.50. The first kappa shape index (κ1) is 18.0. The molecule has 0 fully saturated rings. The van der Waals surface area contributed by atoms with Crippen molar-refractivity contribution < 1.29 is 9.59 Å². The zero-order valence-corrected chi connectivity index (χ0v) is 15.9. The Balaban J connectivity index is 1.97. The summed E-state index contributed by atoms with van der Waals surface area (Å²) in [4.78, 5) is 30.6. The van der Waals surface area contributed by atoms with Crippen molar-refractivity contribution in [3.63, 3.8) is 0 Å². The number of carbonyl (C=O) groups is 2. The minimum atomic E-state index is -0.569. The van der Waals surface area contributed by atoms with Gasteiger partial charge in [0.25, 0.3) is 5.91 Å². The molecule has 25 heavy (non-hydrogen) atoms. The highest BCUT2D eigenvalue weighted by Gasteiger charge is 2.43. The highest BCUT2D eigenvalue weighted by atomic mass is 35.5. The van der Waals surface area contributed by atoms with Crippen LogP contribution in [0.2, 0.25) is 10.0 Å². The Morgan fingerprint density at radius 2 is 2.00 bits per heavy atom. The van der Waals surface area contributed by atoms with Crippen LogP contribution < -0.4 is 5.32 Å². The number of carbonyl (C=O) groups excluding carboxylic acids is 2. The molecule has 0 saturated heterocycles. The fourth-order valence-corrected chi connectivity index (χ4v) is 3.61. The van der Waals surface area contributed by atoms with E-state index >= 15 is 0 Å². The van der Waals surface area contributed by atoms with E-state index in [1.165, 1.54) is 4.90 Å². The quantitative estimate of drug-likeness (QED) is 0.869. The highest BCUT2D eigenvalue weighted by Crippen LogP contribution is 2.38. The predicted octanol–water partition coefficient (Wildman–Crippen LogP) is 2.35. The predicted molar refractivity (Wildman–Crippen MR) is 97.7 cm³/mol. The largest absolute Gasteiger partial charge is 0.332 e. The van der Waals surface area contributed by atoms with Gasteiger partial charge in [0.2, 0.25) is 0 Å². The van der Waals surface area contributed by atoms with Gasteiger partial charge in [0.05, 0.1) is 23.9 Å². The van der Waals surface area contributed by atoms with Gasteiger partial charge in [-0.3, -0.25) is 9.69 Å². The number of benzene rings is 1. The second kappa shape index (κ2) is 6.86. The Morgan fingerprint density at radius 3 is 2.64 bits per heavy atom.